The molecule has 120 valence electrons. The van der Waals surface area contributed by atoms with Crippen LogP contribution >= 0.6 is 0 Å². The van der Waals surface area contributed by atoms with Gasteiger partial charge in [0.05, 0.1) is 6.61 Å². The maximum Gasteiger partial charge on any atom is 0.254 e. The molecule has 0 bridgehead atoms. The molecule has 1 aromatic rings. The average molecular weight is 302 g/mol. The van der Waals surface area contributed by atoms with Crippen LogP contribution in [0.3, 0.4) is 0 Å². The number of carbonyl (C=O) groups is 1. The Labute approximate surface area is 133 Å². The van der Waals surface area contributed by atoms with Crippen LogP contribution in [0.1, 0.15) is 41.6 Å². The van der Waals surface area contributed by atoms with E-state index in [1.54, 1.807) is 7.11 Å². The molecular weight excluding hydrogens is 276 g/mol. The first-order valence-corrected chi connectivity index (χ1v) is 8.39. The lowest BCUT2D eigenvalue weighted by molar-refractivity contribution is 0.0708. The van der Waals surface area contributed by atoms with E-state index in [0.29, 0.717) is 12.6 Å². The molecule has 0 radical (unpaired) electrons. The van der Waals surface area contributed by atoms with Gasteiger partial charge >= 0.3 is 0 Å². The summed E-state index contributed by atoms with van der Waals surface area (Å²) in [6.45, 7) is 4.89. The van der Waals surface area contributed by atoms with E-state index in [-0.39, 0.29) is 5.91 Å². The molecule has 1 amide bonds. The third-order valence-electron chi connectivity index (χ3n) is 4.79. The summed E-state index contributed by atoms with van der Waals surface area (Å²) in [4.78, 5) is 17.5. The van der Waals surface area contributed by atoms with Crippen molar-refractivity contribution in [2.24, 2.45) is 0 Å². The molecule has 0 aliphatic carbocycles. The molecule has 4 heteroatoms. The second-order valence-corrected chi connectivity index (χ2v) is 6.44. The van der Waals surface area contributed by atoms with Crippen LogP contribution in [0.4, 0.5) is 0 Å². The van der Waals surface area contributed by atoms with Gasteiger partial charge in [-0.25, -0.2) is 0 Å². The van der Waals surface area contributed by atoms with Gasteiger partial charge in [-0.05, 0) is 56.5 Å². The van der Waals surface area contributed by atoms with E-state index in [9.17, 15) is 4.79 Å². The van der Waals surface area contributed by atoms with Crippen molar-refractivity contribution < 1.29 is 9.53 Å². The summed E-state index contributed by atoms with van der Waals surface area (Å²) >= 11 is 0. The van der Waals surface area contributed by atoms with Crippen LogP contribution in [0.2, 0.25) is 0 Å². The van der Waals surface area contributed by atoms with Crippen molar-refractivity contribution in [1.29, 1.82) is 0 Å². The van der Waals surface area contributed by atoms with E-state index in [2.05, 4.69) is 9.80 Å². The number of hydrogen-bond donors (Lipinski definition) is 0. The molecule has 0 N–H and O–H groups in total. The molecule has 2 heterocycles. The molecule has 2 saturated heterocycles. The molecule has 3 rings (SSSR count). The maximum absolute atomic E-state index is 12.9. The summed E-state index contributed by atoms with van der Waals surface area (Å²) in [6.07, 6.45) is 4.88. The molecule has 22 heavy (non-hydrogen) atoms. The van der Waals surface area contributed by atoms with Crippen LogP contribution < -0.4 is 0 Å². The van der Waals surface area contributed by atoms with Gasteiger partial charge in [0.2, 0.25) is 0 Å². The number of hydrogen-bond acceptors (Lipinski definition) is 3. The van der Waals surface area contributed by atoms with Gasteiger partial charge in [-0.3, -0.25) is 4.79 Å². The Balaban J connectivity index is 1.68. The fraction of sp³-hybridized carbons (Fsp3) is 0.611. The third-order valence-corrected chi connectivity index (χ3v) is 4.79. The monoisotopic (exact) mass is 302 g/mol. The van der Waals surface area contributed by atoms with Gasteiger partial charge < -0.3 is 14.5 Å². The SMILES string of the molecule is COCc1cccc(C(=O)N2CCC[C@@H]2CN2CCCC2)c1. The highest BCUT2D eigenvalue weighted by Gasteiger charge is 2.31. The normalized spacial score (nSPS) is 22.4. The van der Waals surface area contributed by atoms with E-state index in [1.165, 1.54) is 25.9 Å². The van der Waals surface area contributed by atoms with E-state index in [0.717, 1.165) is 37.1 Å². The highest BCUT2D eigenvalue weighted by Crippen LogP contribution is 2.23. The number of nitrogens with zero attached hydrogens (tertiary/aromatic N) is 2. The first kappa shape index (κ1) is 15.5. The number of methoxy groups -OCH3 is 1. The van der Waals surface area contributed by atoms with Crippen molar-refractivity contribution in [1.82, 2.24) is 9.80 Å². The minimum Gasteiger partial charge on any atom is -0.380 e. The Bertz CT molecular complexity index is 512. The Morgan fingerprint density at radius 1 is 1.23 bits per heavy atom. The predicted octanol–water partition coefficient (Wildman–Crippen LogP) is 2.53. The van der Waals surface area contributed by atoms with Crippen LogP contribution in [-0.2, 0) is 11.3 Å². The molecule has 0 spiro atoms. The van der Waals surface area contributed by atoms with E-state index in [4.69, 9.17) is 4.74 Å². The topological polar surface area (TPSA) is 32.8 Å². The standard InChI is InChI=1S/C18H26N2O2/c1-22-14-15-6-4-7-16(12-15)18(21)20-11-5-8-17(20)13-19-9-2-3-10-19/h4,6-7,12,17H,2-3,5,8-11,13-14H2,1H3/t17-/m1/s1. The minimum absolute atomic E-state index is 0.180. The number of benzene rings is 1. The van der Waals surface area contributed by atoms with Gasteiger partial charge in [0.25, 0.3) is 5.91 Å². The maximum atomic E-state index is 12.9. The van der Waals surface area contributed by atoms with Gasteiger partial charge in [-0.2, -0.15) is 0 Å². The minimum atomic E-state index is 0.180. The average Bonchev–Trinajstić information content (AvgIpc) is 3.19. The van der Waals surface area contributed by atoms with Crippen molar-refractivity contribution >= 4 is 5.91 Å². The quantitative estimate of drug-likeness (QED) is 0.838. The largest absolute Gasteiger partial charge is 0.380 e. The number of carbonyl (C=O) groups excluding carboxylic acids is 1. The second-order valence-electron chi connectivity index (χ2n) is 6.44. The fourth-order valence-electron chi connectivity index (χ4n) is 3.68. The molecule has 0 saturated carbocycles. The summed E-state index contributed by atoms with van der Waals surface area (Å²) in [6, 6.07) is 8.24. The molecule has 1 aromatic carbocycles. The first-order valence-electron chi connectivity index (χ1n) is 8.39. The van der Waals surface area contributed by atoms with Crippen LogP contribution in [0.5, 0.6) is 0 Å². The zero-order valence-electron chi connectivity index (χ0n) is 13.5. The van der Waals surface area contributed by atoms with Crippen molar-refractivity contribution in [3.05, 3.63) is 35.4 Å². The molecule has 0 unspecified atom stereocenters. The summed E-state index contributed by atoms with van der Waals surface area (Å²) in [5.74, 6) is 0.180. The van der Waals surface area contributed by atoms with E-state index < -0.39 is 0 Å². The first-order chi connectivity index (χ1) is 10.8. The molecular formula is C18H26N2O2. The van der Waals surface area contributed by atoms with Gasteiger partial charge in [-0.15, -0.1) is 0 Å². The Morgan fingerprint density at radius 2 is 2.05 bits per heavy atom. The van der Waals surface area contributed by atoms with Gasteiger partial charge in [-0.1, -0.05) is 12.1 Å². The van der Waals surface area contributed by atoms with Crippen LogP contribution in [0.25, 0.3) is 0 Å². The predicted molar refractivity (Wildman–Crippen MR) is 86.9 cm³/mol. The molecule has 1 atom stereocenters. The van der Waals surface area contributed by atoms with E-state index >= 15 is 0 Å². The van der Waals surface area contributed by atoms with E-state index in [1.807, 2.05) is 24.3 Å². The van der Waals surface area contributed by atoms with Crippen LogP contribution in [0.15, 0.2) is 24.3 Å². The lowest BCUT2D eigenvalue weighted by atomic mass is 10.1. The number of amides is 1. The van der Waals surface area contributed by atoms with Crippen LogP contribution in [-0.4, -0.2) is 55.0 Å². The van der Waals surface area contributed by atoms with Gasteiger partial charge in [0.1, 0.15) is 0 Å². The second kappa shape index (κ2) is 7.25. The van der Waals surface area contributed by atoms with Gasteiger partial charge in [0.15, 0.2) is 0 Å². The Hall–Kier alpha value is -1.39. The summed E-state index contributed by atoms with van der Waals surface area (Å²) < 4.78 is 5.17. The highest BCUT2D eigenvalue weighted by molar-refractivity contribution is 5.94. The fourth-order valence-corrected chi connectivity index (χ4v) is 3.68. The van der Waals surface area contributed by atoms with Crippen molar-refractivity contribution in [3.8, 4) is 0 Å². The lowest BCUT2D eigenvalue weighted by Gasteiger charge is -2.28. The molecule has 4 nitrogen and oxygen atoms in total. The Kier molecular flexibility index (Phi) is 5.11. The molecule has 2 fully saturated rings. The summed E-state index contributed by atoms with van der Waals surface area (Å²) in [5, 5.41) is 0. The molecule has 0 aromatic heterocycles. The molecule has 2 aliphatic heterocycles. The van der Waals surface area contributed by atoms with Crippen molar-refractivity contribution in [2.75, 3.05) is 33.3 Å². The van der Waals surface area contributed by atoms with Crippen LogP contribution in [0, 0.1) is 0 Å². The number of likely N-dealkylation sites (tertiary alicyclic amines) is 2. The van der Waals surface area contributed by atoms with Gasteiger partial charge in [0, 0.05) is 31.8 Å². The number of rotatable bonds is 5. The molecule has 2 aliphatic rings. The van der Waals surface area contributed by atoms with Crippen molar-refractivity contribution in [3.63, 3.8) is 0 Å². The Morgan fingerprint density at radius 3 is 2.82 bits per heavy atom. The summed E-state index contributed by atoms with van der Waals surface area (Å²) in [7, 11) is 1.68. The third kappa shape index (κ3) is 3.50. The lowest BCUT2D eigenvalue weighted by Crippen LogP contribution is -2.42. The summed E-state index contributed by atoms with van der Waals surface area (Å²) in [5.41, 5.74) is 1.85. The zero-order chi connectivity index (χ0) is 15.4. The van der Waals surface area contributed by atoms with Crippen molar-refractivity contribution in [2.45, 2.75) is 38.3 Å². The zero-order valence-corrected chi connectivity index (χ0v) is 13.5. The smallest absolute Gasteiger partial charge is 0.254 e. The number of ether oxygens (including phenoxy) is 1. The highest BCUT2D eigenvalue weighted by atomic mass is 16.5.